The van der Waals surface area contributed by atoms with Crippen LogP contribution in [0.2, 0.25) is 0 Å². The molecule has 1 aliphatic heterocycles. The second kappa shape index (κ2) is 6.40. The number of anilines is 2. The van der Waals surface area contributed by atoms with Crippen molar-refractivity contribution < 1.29 is 21.6 Å². The second-order valence-electron chi connectivity index (χ2n) is 6.15. The minimum absolute atomic E-state index is 0.0202. The predicted molar refractivity (Wildman–Crippen MR) is 99.1 cm³/mol. The summed E-state index contributed by atoms with van der Waals surface area (Å²) in [4.78, 5) is 11.9. The SMILES string of the molecule is Cc1cccc(NS(=O)(=O)c2ccc(N3C(=O)CCS3(=O)=O)cc2C)c1. The molecule has 2 aromatic rings. The number of nitrogens with zero attached hydrogens (tertiary/aromatic N) is 1. The summed E-state index contributed by atoms with van der Waals surface area (Å²) in [6.45, 7) is 3.41. The van der Waals surface area contributed by atoms with Gasteiger partial charge in [-0.15, -0.1) is 0 Å². The second-order valence-corrected chi connectivity index (χ2v) is 9.74. The Bertz CT molecular complexity index is 1090. The van der Waals surface area contributed by atoms with Crippen LogP contribution in [0.15, 0.2) is 47.4 Å². The average Bonchev–Trinajstić information content (AvgIpc) is 2.79. The number of amides is 1. The molecule has 1 fully saturated rings. The van der Waals surface area contributed by atoms with Gasteiger partial charge >= 0.3 is 0 Å². The van der Waals surface area contributed by atoms with Crippen LogP contribution in [-0.2, 0) is 24.8 Å². The average molecular weight is 394 g/mol. The molecule has 0 bridgehead atoms. The Hall–Kier alpha value is -2.39. The molecule has 9 heteroatoms. The number of carbonyl (C=O) groups excluding carboxylic acids is 1. The topological polar surface area (TPSA) is 101 Å². The van der Waals surface area contributed by atoms with Crippen LogP contribution >= 0.6 is 0 Å². The molecule has 0 unspecified atom stereocenters. The Labute approximate surface area is 152 Å². The van der Waals surface area contributed by atoms with E-state index in [4.69, 9.17) is 0 Å². The Morgan fingerprint density at radius 1 is 1.08 bits per heavy atom. The number of hydrogen-bond donors (Lipinski definition) is 1. The van der Waals surface area contributed by atoms with Gasteiger partial charge in [-0.05, 0) is 55.3 Å². The smallest absolute Gasteiger partial charge is 0.262 e. The van der Waals surface area contributed by atoms with E-state index in [0.717, 1.165) is 9.87 Å². The van der Waals surface area contributed by atoms with Gasteiger partial charge in [0.15, 0.2) is 0 Å². The lowest BCUT2D eigenvalue weighted by atomic mass is 10.2. The van der Waals surface area contributed by atoms with Gasteiger partial charge in [0.25, 0.3) is 10.0 Å². The lowest BCUT2D eigenvalue weighted by molar-refractivity contribution is -0.116. The van der Waals surface area contributed by atoms with E-state index in [1.54, 1.807) is 25.1 Å². The van der Waals surface area contributed by atoms with Crippen molar-refractivity contribution in [1.82, 2.24) is 0 Å². The summed E-state index contributed by atoms with van der Waals surface area (Å²) < 4.78 is 52.6. The third-order valence-corrected chi connectivity index (χ3v) is 7.26. The summed E-state index contributed by atoms with van der Waals surface area (Å²) in [6.07, 6.45) is -0.0731. The van der Waals surface area contributed by atoms with E-state index in [9.17, 15) is 21.6 Å². The summed E-state index contributed by atoms with van der Waals surface area (Å²) in [5, 5.41) is 0. The number of sulfonamides is 2. The number of nitrogens with one attached hydrogen (secondary N) is 1. The fourth-order valence-corrected chi connectivity index (χ4v) is 5.58. The summed E-state index contributed by atoms with van der Waals surface area (Å²) in [7, 11) is -7.54. The zero-order valence-electron chi connectivity index (χ0n) is 14.3. The van der Waals surface area contributed by atoms with Crippen molar-refractivity contribution in [1.29, 1.82) is 0 Å². The van der Waals surface area contributed by atoms with Crippen LogP contribution in [0.25, 0.3) is 0 Å². The Morgan fingerprint density at radius 2 is 1.81 bits per heavy atom. The van der Waals surface area contributed by atoms with Gasteiger partial charge in [0.1, 0.15) is 0 Å². The zero-order valence-corrected chi connectivity index (χ0v) is 15.9. The van der Waals surface area contributed by atoms with E-state index in [1.165, 1.54) is 18.2 Å². The highest BCUT2D eigenvalue weighted by Gasteiger charge is 2.36. The van der Waals surface area contributed by atoms with Crippen LogP contribution in [0, 0.1) is 13.8 Å². The Balaban J connectivity index is 1.96. The number of carbonyl (C=O) groups is 1. The van der Waals surface area contributed by atoms with Crippen molar-refractivity contribution in [3.63, 3.8) is 0 Å². The molecule has 0 aliphatic carbocycles. The molecule has 2 aromatic carbocycles. The highest BCUT2D eigenvalue weighted by Crippen LogP contribution is 2.29. The molecule has 1 heterocycles. The van der Waals surface area contributed by atoms with E-state index in [2.05, 4.69) is 4.72 Å². The first kappa shape index (κ1) is 18.4. The molecule has 0 aromatic heterocycles. The van der Waals surface area contributed by atoms with Crippen LogP contribution in [-0.4, -0.2) is 28.5 Å². The minimum Gasteiger partial charge on any atom is -0.280 e. The molecule has 1 N–H and O–H groups in total. The Morgan fingerprint density at radius 3 is 2.38 bits per heavy atom. The molecular weight excluding hydrogens is 376 g/mol. The van der Waals surface area contributed by atoms with Crippen molar-refractivity contribution in [2.75, 3.05) is 14.8 Å². The molecule has 1 amide bonds. The van der Waals surface area contributed by atoms with Crippen molar-refractivity contribution in [3.05, 3.63) is 53.6 Å². The molecule has 0 radical (unpaired) electrons. The molecule has 26 heavy (non-hydrogen) atoms. The zero-order chi connectivity index (χ0) is 19.1. The van der Waals surface area contributed by atoms with Crippen molar-refractivity contribution in [2.24, 2.45) is 0 Å². The molecule has 0 atom stereocenters. The first-order valence-electron chi connectivity index (χ1n) is 7.86. The fourth-order valence-electron chi connectivity index (χ4n) is 2.85. The number of aryl methyl sites for hydroxylation is 2. The lowest BCUT2D eigenvalue weighted by Gasteiger charge is -2.17. The Kier molecular flexibility index (Phi) is 4.53. The lowest BCUT2D eigenvalue weighted by Crippen LogP contribution is -2.29. The predicted octanol–water partition coefficient (Wildman–Crippen LogP) is 2.17. The first-order chi connectivity index (χ1) is 12.1. The summed E-state index contributed by atoms with van der Waals surface area (Å²) in [5.41, 5.74) is 1.85. The van der Waals surface area contributed by atoms with Crippen molar-refractivity contribution in [2.45, 2.75) is 25.2 Å². The summed E-state index contributed by atoms with van der Waals surface area (Å²) >= 11 is 0. The molecule has 0 saturated carbocycles. The number of hydrogen-bond acceptors (Lipinski definition) is 5. The third-order valence-electron chi connectivity index (χ3n) is 4.03. The van der Waals surface area contributed by atoms with E-state index >= 15 is 0 Å². The maximum Gasteiger partial charge on any atom is 0.262 e. The molecule has 1 saturated heterocycles. The largest absolute Gasteiger partial charge is 0.280 e. The third kappa shape index (κ3) is 3.45. The van der Waals surface area contributed by atoms with E-state index in [1.807, 2.05) is 13.0 Å². The summed E-state index contributed by atoms with van der Waals surface area (Å²) in [6, 6.07) is 11.0. The van der Waals surface area contributed by atoms with E-state index < -0.39 is 26.0 Å². The van der Waals surface area contributed by atoms with Crippen LogP contribution in [0.5, 0.6) is 0 Å². The molecular formula is C17H18N2O5S2. The van der Waals surface area contributed by atoms with Crippen LogP contribution < -0.4 is 9.03 Å². The normalized spacial score (nSPS) is 16.7. The van der Waals surface area contributed by atoms with E-state index in [-0.39, 0.29) is 22.8 Å². The van der Waals surface area contributed by atoms with Gasteiger partial charge in [-0.25, -0.2) is 21.1 Å². The van der Waals surface area contributed by atoms with Crippen LogP contribution in [0.4, 0.5) is 11.4 Å². The maximum atomic E-state index is 12.6. The van der Waals surface area contributed by atoms with Gasteiger partial charge in [-0.1, -0.05) is 12.1 Å². The fraction of sp³-hybridized carbons (Fsp3) is 0.235. The molecule has 0 spiro atoms. The monoisotopic (exact) mass is 394 g/mol. The maximum absolute atomic E-state index is 12.6. The van der Waals surface area contributed by atoms with Gasteiger partial charge in [-0.3, -0.25) is 9.52 Å². The van der Waals surface area contributed by atoms with Gasteiger partial charge in [0.05, 0.1) is 16.3 Å². The minimum atomic E-state index is -3.85. The molecule has 3 rings (SSSR count). The van der Waals surface area contributed by atoms with E-state index in [0.29, 0.717) is 11.3 Å². The first-order valence-corrected chi connectivity index (χ1v) is 11.0. The quantitative estimate of drug-likeness (QED) is 0.856. The van der Waals surface area contributed by atoms with Gasteiger partial charge in [0, 0.05) is 12.1 Å². The van der Waals surface area contributed by atoms with Gasteiger partial charge < -0.3 is 0 Å². The van der Waals surface area contributed by atoms with Crippen molar-refractivity contribution in [3.8, 4) is 0 Å². The molecule has 1 aliphatic rings. The number of rotatable bonds is 4. The van der Waals surface area contributed by atoms with Crippen LogP contribution in [0.3, 0.4) is 0 Å². The van der Waals surface area contributed by atoms with Crippen molar-refractivity contribution >= 4 is 37.3 Å². The van der Waals surface area contributed by atoms with Crippen LogP contribution in [0.1, 0.15) is 17.5 Å². The number of benzene rings is 2. The summed E-state index contributed by atoms with van der Waals surface area (Å²) in [5.74, 6) is -0.752. The molecule has 138 valence electrons. The van der Waals surface area contributed by atoms with Gasteiger partial charge in [-0.2, -0.15) is 0 Å². The highest BCUT2D eigenvalue weighted by molar-refractivity contribution is 7.94. The standard InChI is InChI=1S/C17H18N2O5S2/c1-12-4-3-5-14(10-12)18-26(23,24)16-7-6-15(11-13(16)2)19-17(20)8-9-25(19,21)22/h3-7,10-11,18H,8-9H2,1-2H3. The highest BCUT2D eigenvalue weighted by atomic mass is 32.2. The molecule has 7 nitrogen and oxygen atoms in total. The van der Waals surface area contributed by atoms with Gasteiger partial charge in [0.2, 0.25) is 15.9 Å².